The van der Waals surface area contributed by atoms with Crippen LogP contribution in [0.4, 0.5) is 0 Å². The first-order valence-corrected chi connectivity index (χ1v) is 5.42. The first-order chi connectivity index (χ1) is 6.42. The Morgan fingerprint density at radius 3 is 3.15 bits per heavy atom. The summed E-state index contributed by atoms with van der Waals surface area (Å²) in [7, 11) is 0. The van der Waals surface area contributed by atoms with Gasteiger partial charge in [0.2, 0.25) is 0 Å². The van der Waals surface area contributed by atoms with Crippen LogP contribution < -0.4 is 0 Å². The normalized spacial score (nSPS) is 10.8. The molecule has 0 saturated carbocycles. The van der Waals surface area contributed by atoms with Gasteiger partial charge in [0.15, 0.2) is 10.8 Å². The first-order valence-electron chi connectivity index (χ1n) is 3.90. The molecule has 0 aliphatic rings. The van der Waals surface area contributed by atoms with Gasteiger partial charge in [0.1, 0.15) is 0 Å². The summed E-state index contributed by atoms with van der Waals surface area (Å²) in [5.74, 6) is 1.49. The summed E-state index contributed by atoms with van der Waals surface area (Å²) >= 11 is 7.21. The molecule has 2 heterocycles. The van der Waals surface area contributed by atoms with E-state index in [1.54, 1.807) is 11.8 Å². The maximum Gasteiger partial charge on any atom is 0.195 e. The number of rotatable bonds is 3. The van der Waals surface area contributed by atoms with E-state index >= 15 is 0 Å². The summed E-state index contributed by atoms with van der Waals surface area (Å²) in [6.45, 7) is 0. The number of hydrogen-bond donors (Lipinski definition) is 0. The Morgan fingerprint density at radius 1 is 1.38 bits per heavy atom. The van der Waals surface area contributed by atoms with Crippen LogP contribution in [0.2, 0.25) is 0 Å². The molecule has 0 fully saturated rings. The summed E-state index contributed by atoms with van der Waals surface area (Å²) in [5, 5.41) is 8.97. The fourth-order valence-corrected chi connectivity index (χ4v) is 1.93. The minimum absolute atomic E-state index is 0.631. The minimum atomic E-state index is 0.631. The molecule has 0 aliphatic carbocycles. The van der Waals surface area contributed by atoms with Gasteiger partial charge in [-0.2, -0.15) is 0 Å². The quantitative estimate of drug-likeness (QED) is 0.578. The highest BCUT2D eigenvalue weighted by Gasteiger charge is 2.03. The molecular weight excluding hydrogens is 206 g/mol. The Labute approximate surface area is 85.1 Å². The first kappa shape index (κ1) is 8.84. The molecule has 0 amide bonds. The molecule has 2 aromatic rings. The number of nitrogens with zero attached hydrogens (tertiary/aromatic N) is 3. The maximum absolute atomic E-state index is 5.59. The van der Waals surface area contributed by atoms with Crippen molar-refractivity contribution in [2.45, 2.75) is 5.16 Å². The summed E-state index contributed by atoms with van der Waals surface area (Å²) in [4.78, 5) is 0. The van der Waals surface area contributed by atoms with E-state index in [0.717, 1.165) is 16.6 Å². The Bertz CT molecular complexity index is 401. The molecule has 2 rings (SSSR count). The van der Waals surface area contributed by atoms with Crippen LogP contribution in [0, 0.1) is 0 Å². The van der Waals surface area contributed by atoms with E-state index in [-0.39, 0.29) is 0 Å². The second kappa shape index (κ2) is 3.98. The van der Waals surface area contributed by atoms with Crippen molar-refractivity contribution in [2.24, 2.45) is 0 Å². The molecule has 0 radical (unpaired) electrons. The van der Waals surface area contributed by atoms with Crippen LogP contribution in [0.1, 0.15) is 0 Å². The summed E-state index contributed by atoms with van der Waals surface area (Å²) < 4.78 is 1.96. The third-order valence-electron chi connectivity index (χ3n) is 1.59. The van der Waals surface area contributed by atoms with Crippen LogP contribution in [0.15, 0.2) is 29.6 Å². The molecule has 13 heavy (non-hydrogen) atoms. The second-order valence-electron chi connectivity index (χ2n) is 2.45. The van der Waals surface area contributed by atoms with Crippen molar-refractivity contribution < 1.29 is 0 Å². The van der Waals surface area contributed by atoms with Gasteiger partial charge < -0.3 is 0 Å². The number of thioether (sulfide) groups is 1. The number of hydrogen-bond acceptors (Lipinski definition) is 3. The van der Waals surface area contributed by atoms with Crippen molar-refractivity contribution >= 4 is 29.0 Å². The third kappa shape index (κ3) is 1.78. The van der Waals surface area contributed by atoms with Crippen LogP contribution in [0.25, 0.3) is 5.65 Å². The van der Waals surface area contributed by atoms with E-state index in [4.69, 9.17) is 11.6 Å². The lowest BCUT2D eigenvalue weighted by Crippen LogP contribution is -1.87. The van der Waals surface area contributed by atoms with E-state index in [1.165, 1.54) is 0 Å². The van der Waals surface area contributed by atoms with Gasteiger partial charge in [0.25, 0.3) is 0 Å². The van der Waals surface area contributed by atoms with Gasteiger partial charge in [-0.1, -0.05) is 17.8 Å². The zero-order chi connectivity index (χ0) is 9.10. The molecule has 68 valence electrons. The topological polar surface area (TPSA) is 30.2 Å². The number of pyridine rings is 1. The number of fused-ring (bicyclic) bond motifs is 1. The molecule has 0 aromatic carbocycles. The SMILES string of the molecule is ClCCSc1nnc2ccccn12. The summed E-state index contributed by atoms with van der Waals surface area (Å²) in [6, 6.07) is 5.83. The zero-order valence-corrected chi connectivity index (χ0v) is 8.42. The van der Waals surface area contributed by atoms with Crippen LogP contribution in [-0.2, 0) is 0 Å². The van der Waals surface area contributed by atoms with Crippen molar-refractivity contribution in [1.82, 2.24) is 14.6 Å². The molecule has 0 atom stereocenters. The number of halogens is 1. The van der Waals surface area contributed by atoms with Gasteiger partial charge in [-0.3, -0.25) is 4.40 Å². The third-order valence-corrected chi connectivity index (χ3v) is 2.95. The lowest BCUT2D eigenvalue weighted by Gasteiger charge is -1.95. The van der Waals surface area contributed by atoms with E-state index in [2.05, 4.69) is 10.2 Å². The Balaban J connectivity index is 2.35. The monoisotopic (exact) mass is 213 g/mol. The predicted molar refractivity (Wildman–Crippen MR) is 54.4 cm³/mol. The van der Waals surface area contributed by atoms with Crippen LogP contribution in [0.5, 0.6) is 0 Å². The Morgan fingerprint density at radius 2 is 2.31 bits per heavy atom. The molecule has 0 aliphatic heterocycles. The number of alkyl halides is 1. The highest BCUT2D eigenvalue weighted by atomic mass is 35.5. The zero-order valence-electron chi connectivity index (χ0n) is 6.85. The van der Waals surface area contributed by atoms with Crippen LogP contribution in [-0.4, -0.2) is 26.2 Å². The van der Waals surface area contributed by atoms with Gasteiger partial charge >= 0.3 is 0 Å². The average Bonchev–Trinajstić information content (AvgIpc) is 2.58. The van der Waals surface area contributed by atoms with E-state index < -0.39 is 0 Å². The van der Waals surface area contributed by atoms with Gasteiger partial charge in [-0.15, -0.1) is 21.8 Å². The van der Waals surface area contributed by atoms with Gasteiger partial charge in [-0.05, 0) is 12.1 Å². The van der Waals surface area contributed by atoms with Crippen molar-refractivity contribution in [3.8, 4) is 0 Å². The molecule has 0 unspecified atom stereocenters. The van der Waals surface area contributed by atoms with Crippen molar-refractivity contribution in [2.75, 3.05) is 11.6 Å². The molecule has 0 N–H and O–H groups in total. The molecule has 0 saturated heterocycles. The van der Waals surface area contributed by atoms with Gasteiger partial charge in [-0.25, -0.2) is 0 Å². The van der Waals surface area contributed by atoms with Crippen LogP contribution >= 0.6 is 23.4 Å². The van der Waals surface area contributed by atoms with E-state index in [0.29, 0.717) is 5.88 Å². The average molecular weight is 214 g/mol. The Hall–Kier alpha value is -0.740. The molecule has 0 spiro atoms. The molecule has 0 bridgehead atoms. The largest absolute Gasteiger partial charge is 0.277 e. The fourth-order valence-electron chi connectivity index (χ4n) is 1.05. The maximum atomic E-state index is 5.59. The lowest BCUT2D eigenvalue weighted by molar-refractivity contribution is 0.922. The van der Waals surface area contributed by atoms with Gasteiger partial charge in [0, 0.05) is 17.8 Å². The molecule has 3 nitrogen and oxygen atoms in total. The second-order valence-corrected chi connectivity index (χ2v) is 3.89. The number of aromatic nitrogens is 3. The lowest BCUT2D eigenvalue weighted by atomic mass is 10.5. The van der Waals surface area contributed by atoms with Crippen molar-refractivity contribution in [1.29, 1.82) is 0 Å². The van der Waals surface area contributed by atoms with Crippen molar-refractivity contribution in [3.63, 3.8) is 0 Å². The highest BCUT2D eigenvalue weighted by molar-refractivity contribution is 7.99. The summed E-state index contributed by atoms with van der Waals surface area (Å²) in [5.41, 5.74) is 0.875. The summed E-state index contributed by atoms with van der Waals surface area (Å²) in [6.07, 6.45) is 1.95. The standard InChI is InChI=1S/C8H8ClN3S/c9-4-6-13-8-11-10-7-3-1-2-5-12(7)8/h1-3,5H,4,6H2. The predicted octanol–water partition coefficient (Wildman–Crippen LogP) is 2.06. The van der Waals surface area contributed by atoms with Gasteiger partial charge in [0.05, 0.1) is 0 Å². The van der Waals surface area contributed by atoms with Crippen LogP contribution in [0.3, 0.4) is 0 Å². The molecule has 2 aromatic heterocycles. The minimum Gasteiger partial charge on any atom is -0.277 e. The fraction of sp³-hybridized carbons (Fsp3) is 0.250. The highest BCUT2D eigenvalue weighted by Crippen LogP contribution is 2.16. The molecular formula is C8H8ClN3S. The smallest absolute Gasteiger partial charge is 0.195 e. The van der Waals surface area contributed by atoms with E-state index in [9.17, 15) is 0 Å². The Kier molecular flexibility index (Phi) is 2.71. The van der Waals surface area contributed by atoms with Crippen molar-refractivity contribution in [3.05, 3.63) is 24.4 Å². The van der Waals surface area contributed by atoms with E-state index in [1.807, 2.05) is 28.8 Å². The molecule has 5 heteroatoms.